The number of rotatable bonds is 6. The summed E-state index contributed by atoms with van der Waals surface area (Å²) in [5, 5.41) is 3.23. The van der Waals surface area contributed by atoms with Gasteiger partial charge in [0.1, 0.15) is 17.9 Å². The minimum absolute atomic E-state index is 0.115. The average molecular weight is 397 g/mol. The molecule has 29 heavy (non-hydrogen) atoms. The number of hydrogen-bond donors (Lipinski definition) is 1. The van der Waals surface area contributed by atoms with Crippen LogP contribution >= 0.6 is 0 Å². The lowest BCUT2D eigenvalue weighted by molar-refractivity contribution is 0.0600. The van der Waals surface area contributed by atoms with E-state index in [0.29, 0.717) is 33.5 Å². The molecule has 3 rings (SSSR count). The summed E-state index contributed by atoms with van der Waals surface area (Å²) in [6, 6.07) is 12.7. The Morgan fingerprint density at radius 2 is 1.83 bits per heavy atom. The zero-order valence-corrected chi connectivity index (χ0v) is 15.9. The molecule has 1 heterocycles. The molecular weight excluding hydrogens is 378 g/mol. The van der Waals surface area contributed by atoms with E-state index in [2.05, 4.69) is 10.1 Å². The molecule has 0 aliphatic rings. The Hall–Kier alpha value is -3.81. The molecule has 150 valence electrons. The van der Waals surface area contributed by atoms with Crippen molar-refractivity contribution in [3.63, 3.8) is 0 Å². The van der Waals surface area contributed by atoms with Gasteiger partial charge in [0.05, 0.1) is 19.3 Å². The summed E-state index contributed by atoms with van der Waals surface area (Å²) in [4.78, 5) is 34.9. The number of ether oxygens (including phenoxy) is 3. The Balaban J connectivity index is 1.79. The average Bonchev–Trinajstić information content (AvgIpc) is 2.71. The van der Waals surface area contributed by atoms with Crippen molar-refractivity contribution in [3.05, 3.63) is 70.1 Å². The Morgan fingerprint density at radius 1 is 1.07 bits per heavy atom. The number of hydrogen-bond acceptors (Lipinski definition) is 7. The standard InChI is InChI=1S/C21H19NO7/c1-3-27-21(25)22-15-6-9-17-14(10-19(23)29-18(17)11-15)12-28-16-7-4-13(5-8-16)20(24)26-2/h4-11H,3,12H2,1-2H3,(H,22,25). The van der Waals surface area contributed by atoms with Gasteiger partial charge in [-0.15, -0.1) is 0 Å². The fraction of sp³-hybridized carbons (Fsp3) is 0.190. The first-order valence-electron chi connectivity index (χ1n) is 8.82. The lowest BCUT2D eigenvalue weighted by Crippen LogP contribution is -2.13. The van der Waals surface area contributed by atoms with Gasteiger partial charge in [-0.3, -0.25) is 5.32 Å². The van der Waals surface area contributed by atoms with Crippen LogP contribution in [0, 0.1) is 0 Å². The number of amides is 1. The van der Waals surface area contributed by atoms with Gasteiger partial charge in [-0.05, 0) is 43.3 Å². The van der Waals surface area contributed by atoms with Crippen LogP contribution in [0.2, 0.25) is 0 Å². The molecule has 0 spiro atoms. The molecule has 1 aromatic heterocycles. The minimum atomic E-state index is -0.593. The van der Waals surface area contributed by atoms with Crippen molar-refractivity contribution in [3.8, 4) is 5.75 Å². The van der Waals surface area contributed by atoms with Crippen molar-refractivity contribution in [2.24, 2.45) is 0 Å². The fourth-order valence-corrected chi connectivity index (χ4v) is 2.68. The second kappa shape index (κ2) is 8.92. The highest BCUT2D eigenvalue weighted by Gasteiger charge is 2.10. The van der Waals surface area contributed by atoms with Gasteiger partial charge in [0, 0.05) is 28.8 Å². The van der Waals surface area contributed by atoms with Crippen LogP contribution in [-0.2, 0) is 16.1 Å². The van der Waals surface area contributed by atoms with E-state index in [9.17, 15) is 14.4 Å². The van der Waals surface area contributed by atoms with Gasteiger partial charge < -0.3 is 18.6 Å². The quantitative estimate of drug-likeness (QED) is 0.499. The zero-order chi connectivity index (χ0) is 20.8. The van der Waals surface area contributed by atoms with Crippen LogP contribution in [0.3, 0.4) is 0 Å². The van der Waals surface area contributed by atoms with Crippen LogP contribution in [0.5, 0.6) is 5.75 Å². The maximum atomic E-state index is 11.9. The number of benzene rings is 2. The van der Waals surface area contributed by atoms with Gasteiger partial charge in [0.25, 0.3) is 0 Å². The van der Waals surface area contributed by atoms with Crippen LogP contribution < -0.4 is 15.7 Å². The topological polar surface area (TPSA) is 104 Å². The molecule has 1 N–H and O–H groups in total. The van der Waals surface area contributed by atoms with Crippen LogP contribution in [0.15, 0.2) is 57.7 Å². The summed E-state index contributed by atoms with van der Waals surface area (Å²) in [6.45, 7) is 2.06. The number of carbonyl (C=O) groups is 2. The van der Waals surface area contributed by atoms with Crippen LogP contribution in [0.25, 0.3) is 11.0 Å². The molecule has 1 amide bonds. The summed E-state index contributed by atoms with van der Waals surface area (Å²) >= 11 is 0. The molecule has 0 unspecified atom stereocenters. The van der Waals surface area contributed by atoms with Crippen molar-refractivity contribution >= 4 is 28.7 Å². The molecule has 0 bridgehead atoms. The maximum Gasteiger partial charge on any atom is 0.411 e. The largest absolute Gasteiger partial charge is 0.489 e. The maximum absolute atomic E-state index is 11.9. The molecule has 0 atom stereocenters. The molecule has 0 aliphatic heterocycles. The summed E-state index contributed by atoms with van der Waals surface area (Å²) in [5.74, 6) is 0.0927. The highest BCUT2D eigenvalue weighted by Crippen LogP contribution is 2.23. The molecule has 0 saturated heterocycles. The number of fused-ring (bicyclic) bond motifs is 1. The van der Waals surface area contributed by atoms with Crippen LogP contribution in [0.4, 0.5) is 10.5 Å². The number of methoxy groups -OCH3 is 1. The smallest absolute Gasteiger partial charge is 0.411 e. The fourth-order valence-electron chi connectivity index (χ4n) is 2.68. The summed E-state index contributed by atoms with van der Waals surface area (Å²) in [5.41, 5.74) is 1.25. The van der Waals surface area contributed by atoms with Gasteiger partial charge in [-0.25, -0.2) is 14.4 Å². The summed E-state index contributed by atoms with van der Waals surface area (Å²) in [7, 11) is 1.31. The first-order valence-corrected chi connectivity index (χ1v) is 8.82. The lowest BCUT2D eigenvalue weighted by Gasteiger charge is -2.10. The third-order valence-corrected chi connectivity index (χ3v) is 4.02. The van der Waals surface area contributed by atoms with E-state index in [0.717, 1.165) is 0 Å². The molecule has 0 saturated carbocycles. The molecule has 0 fully saturated rings. The second-order valence-electron chi connectivity index (χ2n) is 5.95. The van der Waals surface area contributed by atoms with Crippen molar-refractivity contribution in [2.75, 3.05) is 19.0 Å². The van der Waals surface area contributed by atoms with Gasteiger partial charge in [-0.2, -0.15) is 0 Å². The molecule has 0 radical (unpaired) electrons. The Labute approximate surface area is 166 Å². The van der Waals surface area contributed by atoms with Crippen molar-refractivity contribution in [2.45, 2.75) is 13.5 Å². The Morgan fingerprint density at radius 3 is 2.52 bits per heavy atom. The Bertz CT molecular complexity index is 1090. The zero-order valence-electron chi connectivity index (χ0n) is 15.9. The summed E-state index contributed by atoms with van der Waals surface area (Å²) < 4.78 is 20.5. The second-order valence-corrected chi connectivity index (χ2v) is 5.95. The van der Waals surface area contributed by atoms with Crippen molar-refractivity contribution < 1.29 is 28.2 Å². The predicted octanol–water partition coefficient (Wildman–Crippen LogP) is 3.73. The number of anilines is 1. The third-order valence-electron chi connectivity index (χ3n) is 4.02. The van der Waals surface area contributed by atoms with Crippen LogP contribution in [0.1, 0.15) is 22.8 Å². The van der Waals surface area contributed by atoms with E-state index in [1.165, 1.54) is 13.2 Å². The monoisotopic (exact) mass is 397 g/mol. The van der Waals surface area contributed by atoms with Crippen molar-refractivity contribution in [1.29, 1.82) is 0 Å². The molecule has 0 aliphatic carbocycles. The highest BCUT2D eigenvalue weighted by atomic mass is 16.5. The van der Waals surface area contributed by atoms with Crippen molar-refractivity contribution in [1.82, 2.24) is 0 Å². The molecule has 3 aromatic rings. The number of carbonyl (C=O) groups excluding carboxylic acids is 2. The van der Waals surface area contributed by atoms with E-state index >= 15 is 0 Å². The number of nitrogens with one attached hydrogen (secondary N) is 1. The molecule has 8 heteroatoms. The van der Waals surface area contributed by atoms with E-state index in [-0.39, 0.29) is 13.2 Å². The molecular formula is C21H19NO7. The van der Waals surface area contributed by atoms with E-state index in [1.54, 1.807) is 49.4 Å². The van der Waals surface area contributed by atoms with Crippen LogP contribution in [-0.4, -0.2) is 25.8 Å². The summed E-state index contributed by atoms with van der Waals surface area (Å²) in [6.07, 6.45) is -0.593. The van der Waals surface area contributed by atoms with E-state index in [1.807, 2.05) is 0 Å². The predicted molar refractivity (Wildman–Crippen MR) is 105 cm³/mol. The Kier molecular flexibility index (Phi) is 6.13. The normalized spacial score (nSPS) is 10.4. The molecule has 2 aromatic carbocycles. The SMILES string of the molecule is CCOC(=O)Nc1ccc2c(COc3ccc(C(=O)OC)cc3)cc(=O)oc2c1. The van der Waals surface area contributed by atoms with Gasteiger partial charge in [0.2, 0.25) is 0 Å². The molecule has 8 nitrogen and oxygen atoms in total. The van der Waals surface area contributed by atoms with Gasteiger partial charge >= 0.3 is 17.7 Å². The first-order chi connectivity index (χ1) is 14.0. The minimum Gasteiger partial charge on any atom is -0.489 e. The first kappa shape index (κ1) is 19.9. The highest BCUT2D eigenvalue weighted by molar-refractivity contribution is 5.90. The third kappa shape index (κ3) is 4.92. The van der Waals surface area contributed by atoms with Gasteiger partial charge in [0.15, 0.2) is 0 Å². The van der Waals surface area contributed by atoms with E-state index < -0.39 is 17.7 Å². The number of esters is 1. The van der Waals surface area contributed by atoms with E-state index in [4.69, 9.17) is 13.9 Å². The van der Waals surface area contributed by atoms with Gasteiger partial charge in [-0.1, -0.05) is 0 Å². The lowest BCUT2D eigenvalue weighted by atomic mass is 10.1.